The SMILES string of the molecule is Nc1ccc(NCC2CSCCS2)cc1. The molecule has 0 radical (unpaired) electrons. The highest BCUT2D eigenvalue weighted by atomic mass is 32.2. The topological polar surface area (TPSA) is 38.0 Å². The van der Waals surface area contributed by atoms with Crippen LogP contribution in [0.5, 0.6) is 0 Å². The molecule has 4 heteroatoms. The molecule has 0 spiro atoms. The molecule has 1 unspecified atom stereocenters. The first-order valence-corrected chi connectivity index (χ1v) is 7.34. The number of nitrogens with one attached hydrogen (secondary N) is 1. The van der Waals surface area contributed by atoms with Crippen molar-refractivity contribution < 1.29 is 0 Å². The minimum absolute atomic E-state index is 0.751. The van der Waals surface area contributed by atoms with Crippen LogP contribution in [0.1, 0.15) is 0 Å². The Bertz CT molecular complexity index is 294. The van der Waals surface area contributed by atoms with Gasteiger partial charge in [-0.3, -0.25) is 0 Å². The third-order valence-corrected chi connectivity index (χ3v) is 5.17. The molecule has 3 N–H and O–H groups in total. The van der Waals surface area contributed by atoms with Crippen LogP contribution in [0.2, 0.25) is 0 Å². The summed E-state index contributed by atoms with van der Waals surface area (Å²) in [7, 11) is 0. The van der Waals surface area contributed by atoms with Crippen molar-refractivity contribution in [3.63, 3.8) is 0 Å². The van der Waals surface area contributed by atoms with Crippen molar-refractivity contribution in [2.45, 2.75) is 5.25 Å². The Morgan fingerprint density at radius 2 is 2.07 bits per heavy atom. The number of anilines is 2. The van der Waals surface area contributed by atoms with Gasteiger partial charge in [0, 0.05) is 40.4 Å². The van der Waals surface area contributed by atoms with E-state index in [0.29, 0.717) is 0 Å². The highest BCUT2D eigenvalue weighted by molar-refractivity contribution is 8.06. The molecule has 1 aromatic rings. The van der Waals surface area contributed by atoms with E-state index in [0.717, 1.165) is 17.5 Å². The average molecular weight is 240 g/mol. The van der Waals surface area contributed by atoms with Crippen LogP contribution >= 0.6 is 23.5 Å². The summed E-state index contributed by atoms with van der Waals surface area (Å²) < 4.78 is 0. The van der Waals surface area contributed by atoms with Gasteiger partial charge in [0.15, 0.2) is 0 Å². The number of nitrogen functional groups attached to an aromatic ring is 1. The van der Waals surface area contributed by atoms with Crippen LogP contribution in [0.15, 0.2) is 24.3 Å². The van der Waals surface area contributed by atoms with E-state index in [1.165, 1.54) is 22.9 Å². The fourth-order valence-electron chi connectivity index (χ4n) is 1.49. The molecular formula is C11H16N2S2. The van der Waals surface area contributed by atoms with Gasteiger partial charge in [0.25, 0.3) is 0 Å². The van der Waals surface area contributed by atoms with Gasteiger partial charge in [-0.05, 0) is 24.3 Å². The van der Waals surface area contributed by atoms with Crippen molar-refractivity contribution in [2.24, 2.45) is 0 Å². The Labute approximate surface area is 99.4 Å². The Hall–Kier alpha value is -0.480. The summed E-state index contributed by atoms with van der Waals surface area (Å²) >= 11 is 4.14. The van der Waals surface area contributed by atoms with E-state index in [-0.39, 0.29) is 0 Å². The lowest BCUT2D eigenvalue weighted by Gasteiger charge is -2.21. The molecule has 2 rings (SSSR count). The van der Waals surface area contributed by atoms with Crippen LogP contribution in [-0.2, 0) is 0 Å². The average Bonchev–Trinajstić information content (AvgIpc) is 2.30. The number of hydrogen-bond acceptors (Lipinski definition) is 4. The molecule has 2 nitrogen and oxygen atoms in total. The van der Waals surface area contributed by atoms with Gasteiger partial charge < -0.3 is 11.1 Å². The van der Waals surface area contributed by atoms with E-state index in [2.05, 4.69) is 28.8 Å². The van der Waals surface area contributed by atoms with Gasteiger partial charge in [0.1, 0.15) is 0 Å². The summed E-state index contributed by atoms with van der Waals surface area (Å²) in [5.41, 5.74) is 7.62. The number of benzene rings is 1. The molecule has 1 saturated heterocycles. The Morgan fingerprint density at radius 3 is 2.73 bits per heavy atom. The molecule has 1 aliphatic rings. The standard InChI is InChI=1S/C11H16N2S2/c12-9-1-3-10(4-2-9)13-7-11-8-14-5-6-15-11/h1-4,11,13H,5-8,12H2. The lowest BCUT2D eigenvalue weighted by atomic mass is 10.3. The first kappa shape index (κ1) is 11.0. The normalized spacial score (nSPS) is 21.2. The van der Waals surface area contributed by atoms with Gasteiger partial charge in [-0.15, -0.1) is 0 Å². The minimum atomic E-state index is 0.751. The zero-order valence-corrected chi connectivity index (χ0v) is 10.2. The van der Waals surface area contributed by atoms with Gasteiger partial charge >= 0.3 is 0 Å². The molecule has 0 aliphatic carbocycles. The third-order valence-electron chi connectivity index (χ3n) is 2.33. The quantitative estimate of drug-likeness (QED) is 0.796. The van der Waals surface area contributed by atoms with Crippen LogP contribution < -0.4 is 11.1 Å². The maximum atomic E-state index is 5.63. The predicted molar refractivity (Wildman–Crippen MR) is 72.9 cm³/mol. The molecule has 0 amide bonds. The van der Waals surface area contributed by atoms with E-state index >= 15 is 0 Å². The molecule has 15 heavy (non-hydrogen) atoms. The lowest BCUT2D eigenvalue weighted by Crippen LogP contribution is -2.23. The van der Waals surface area contributed by atoms with E-state index in [9.17, 15) is 0 Å². The number of rotatable bonds is 3. The van der Waals surface area contributed by atoms with Gasteiger partial charge in [-0.2, -0.15) is 23.5 Å². The summed E-state index contributed by atoms with van der Waals surface area (Å²) in [6.07, 6.45) is 0. The fourth-order valence-corrected chi connectivity index (χ4v) is 4.10. The Balaban J connectivity index is 1.79. The minimum Gasteiger partial charge on any atom is -0.399 e. The maximum absolute atomic E-state index is 5.63. The second kappa shape index (κ2) is 5.56. The zero-order valence-electron chi connectivity index (χ0n) is 8.61. The molecular weight excluding hydrogens is 224 g/mol. The molecule has 0 bridgehead atoms. The second-order valence-electron chi connectivity index (χ2n) is 3.57. The lowest BCUT2D eigenvalue weighted by molar-refractivity contribution is 1.00. The second-order valence-corrected chi connectivity index (χ2v) is 6.13. The monoisotopic (exact) mass is 240 g/mol. The number of hydrogen-bond donors (Lipinski definition) is 2. The number of thioether (sulfide) groups is 2. The Morgan fingerprint density at radius 1 is 1.27 bits per heavy atom. The van der Waals surface area contributed by atoms with Crippen LogP contribution in [0, 0.1) is 0 Å². The van der Waals surface area contributed by atoms with Crippen molar-refractivity contribution >= 4 is 34.9 Å². The van der Waals surface area contributed by atoms with Crippen LogP contribution in [0.25, 0.3) is 0 Å². The van der Waals surface area contributed by atoms with Crippen molar-refractivity contribution in [3.8, 4) is 0 Å². The molecule has 1 aromatic carbocycles. The van der Waals surface area contributed by atoms with Crippen LogP contribution in [0.3, 0.4) is 0 Å². The first-order valence-electron chi connectivity index (χ1n) is 5.13. The zero-order chi connectivity index (χ0) is 10.5. The smallest absolute Gasteiger partial charge is 0.0342 e. The molecule has 1 aliphatic heterocycles. The fraction of sp³-hybridized carbons (Fsp3) is 0.455. The summed E-state index contributed by atoms with van der Waals surface area (Å²) in [4.78, 5) is 0. The largest absolute Gasteiger partial charge is 0.399 e. The molecule has 1 heterocycles. The predicted octanol–water partition coefficient (Wildman–Crippen LogP) is 2.53. The summed E-state index contributed by atoms with van der Waals surface area (Å²) in [6.45, 7) is 1.06. The van der Waals surface area contributed by atoms with Crippen molar-refractivity contribution in [1.82, 2.24) is 0 Å². The van der Waals surface area contributed by atoms with Crippen molar-refractivity contribution in [3.05, 3.63) is 24.3 Å². The van der Waals surface area contributed by atoms with Gasteiger partial charge in [-0.1, -0.05) is 0 Å². The molecule has 1 fully saturated rings. The first-order chi connectivity index (χ1) is 7.34. The molecule has 1 atom stereocenters. The maximum Gasteiger partial charge on any atom is 0.0342 e. The molecule has 0 aromatic heterocycles. The molecule has 82 valence electrons. The van der Waals surface area contributed by atoms with Gasteiger partial charge in [0.2, 0.25) is 0 Å². The Kier molecular flexibility index (Phi) is 4.09. The van der Waals surface area contributed by atoms with Gasteiger partial charge in [-0.25, -0.2) is 0 Å². The number of nitrogens with two attached hydrogens (primary N) is 1. The summed E-state index contributed by atoms with van der Waals surface area (Å²) in [5.74, 6) is 3.87. The van der Waals surface area contributed by atoms with Crippen LogP contribution in [-0.4, -0.2) is 29.1 Å². The summed E-state index contributed by atoms with van der Waals surface area (Å²) in [5, 5.41) is 4.20. The highest BCUT2D eigenvalue weighted by Crippen LogP contribution is 2.24. The van der Waals surface area contributed by atoms with Gasteiger partial charge in [0.05, 0.1) is 0 Å². The van der Waals surface area contributed by atoms with E-state index in [4.69, 9.17) is 5.73 Å². The van der Waals surface area contributed by atoms with E-state index < -0.39 is 0 Å². The summed E-state index contributed by atoms with van der Waals surface area (Å²) in [6, 6.07) is 7.95. The van der Waals surface area contributed by atoms with E-state index in [1.54, 1.807) is 0 Å². The third kappa shape index (κ3) is 3.54. The van der Waals surface area contributed by atoms with Crippen molar-refractivity contribution in [2.75, 3.05) is 34.9 Å². The van der Waals surface area contributed by atoms with Crippen LogP contribution in [0.4, 0.5) is 11.4 Å². The highest BCUT2D eigenvalue weighted by Gasteiger charge is 2.13. The van der Waals surface area contributed by atoms with Crippen molar-refractivity contribution in [1.29, 1.82) is 0 Å². The van der Waals surface area contributed by atoms with E-state index in [1.807, 2.05) is 24.3 Å². The molecule has 0 saturated carbocycles.